The van der Waals surface area contributed by atoms with Crippen LogP contribution in [0.5, 0.6) is 0 Å². The minimum atomic E-state index is 0.770. The number of rotatable bonds is 12. The highest BCUT2D eigenvalue weighted by atomic mass is 14.9. The second-order valence-corrected chi connectivity index (χ2v) is 6.61. The van der Waals surface area contributed by atoms with Crippen molar-refractivity contribution in [2.24, 2.45) is 17.8 Å². The van der Waals surface area contributed by atoms with Crippen LogP contribution in [-0.2, 0) is 0 Å². The topological polar surface area (TPSA) is 12.0 Å². The van der Waals surface area contributed by atoms with Gasteiger partial charge < -0.3 is 5.32 Å². The molecular formula is C17H37N. The molecule has 0 saturated carbocycles. The van der Waals surface area contributed by atoms with Crippen molar-refractivity contribution in [3.05, 3.63) is 0 Å². The lowest BCUT2D eigenvalue weighted by molar-refractivity contribution is 0.323. The molecule has 0 bridgehead atoms. The van der Waals surface area contributed by atoms with Gasteiger partial charge in [-0.15, -0.1) is 0 Å². The van der Waals surface area contributed by atoms with Crippen molar-refractivity contribution >= 4 is 0 Å². The van der Waals surface area contributed by atoms with Gasteiger partial charge in [-0.25, -0.2) is 0 Å². The minimum absolute atomic E-state index is 0.770. The second-order valence-electron chi connectivity index (χ2n) is 6.61. The maximum atomic E-state index is 3.63. The zero-order chi connectivity index (χ0) is 13.8. The number of hydrogen-bond acceptors (Lipinski definition) is 1. The van der Waals surface area contributed by atoms with E-state index in [1.807, 2.05) is 0 Å². The molecule has 1 heteroatoms. The van der Waals surface area contributed by atoms with E-state index in [2.05, 4.69) is 39.9 Å². The normalized spacial score (nSPS) is 13.5. The van der Waals surface area contributed by atoms with E-state index >= 15 is 0 Å². The predicted octanol–water partition coefficient (Wildman–Crippen LogP) is 5.25. The standard InChI is InChI=1S/C17H37N/c1-6-7-8-9-10-11-12-17(16(4)5)14-18-13-15(2)3/h15-18H,6-14H2,1-5H3. The first-order valence-electron chi connectivity index (χ1n) is 8.28. The lowest BCUT2D eigenvalue weighted by atomic mass is 9.90. The highest BCUT2D eigenvalue weighted by Crippen LogP contribution is 2.19. The smallest absolute Gasteiger partial charge is 0.00180 e. The molecule has 0 aliphatic rings. The van der Waals surface area contributed by atoms with Gasteiger partial charge in [0.1, 0.15) is 0 Å². The fourth-order valence-electron chi connectivity index (χ4n) is 2.42. The van der Waals surface area contributed by atoms with Gasteiger partial charge in [0, 0.05) is 0 Å². The molecule has 0 aromatic heterocycles. The van der Waals surface area contributed by atoms with E-state index in [1.165, 1.54) is 58.0 Å². The summed E-state index contributed by atoms with van der Waals surface area (Å²) in [4.78, 5) is 0. The molecule has 0 spiro atoms. The maximum absolute atomic E-state index is 3.63. The van der Waals surface area contributed by atoms with Crippen LogP contribution in [-0.4, -0.2) is 13.1 Å². The van der Waals surface area contributed by atoms with Crippen LogP contribution in [0.25, 0.3) is 0 Å². The molecule has 0 aromatic rings. The van der Waals surface area contributed by atoms with Gasteiger partial charge in [-0.3, -0.25) is 0 Å². The monoisotopic (exact) mass is 255 g/mol. The van der Waals surface area contributed by atoms with Crippen LogP contribution in [0.3, 0.4) is 0 Å². The van der Waals surface area contributed by atoms with Gasteiger partial charge >= 0.3 is 0 Å². The predicted molar refractivity (Wildman–Crippen MR) is 84.0 cm³/mol. The van der Waals surface area contributed by atoms with Crippen molar-refractivity contribution in [2.45, 2.75) is 79.6 Å². The second kappa shape index (κ2) is 12.0. The molecule has 18 heavy (non-hydrogen) atoms. The van der Waals surface area contributed by atoms with E-state index in [9.17, 15) is 0 Å². The largest absolute Gasteiger partial charge is 0.316 e. The summed E-state index contributed by atoms with van der Waals surface area (Å²) in [7, 11) is 0. The molecule has 1 unspecified atom stereocenters. The molecule has 1 nitrogen and oxygen atoms in total. The van der Waals surface area contributed by atoms with E-state index in [0.717, 1.165) is 17.8 Å². The van der Waals surface area contributed by atoms with E-state index in [-0.39, 0.29) is 0 Å². The van der Waals surface area contributed by atoms with E-state index in [0.29, 0.717) is 0 Å². The van der Waals surface area contributed by atoms with E-state index < -0.39 is 0 Å². The summed E-state index contributed by atoms with van der Waals surface area (Å²) in [5, 5.41) is 3.63. The lowest BCUT2D eigenvalue weighted by Crippen LogP contribution is -2.29. The quantitative estimate of drug-likeness (QED) is 0.469. The van der Waals surface area contributed by atoms with E-state index in [4.69, 9.17) is 0 Å². The Morgan fingerprint density at radius 1 is 0.778 bits per heavy atom. The highest BCUT2D eigenvalue weighted by molar-refractivity contribution is 4.67. The Kier molecular flexibility index (Phi) is 12.0. The summed E-state index contributed by atoms with van der Waals surface area (Å²) < 4.78 is 0. The van der Waals surface area contributed by atoms with Crippen LogP contribution < -0.4 is 5.32 Å². The Morgan fingerprint density at radius 3 is 1.94 bits per heavy atom. The first-order chi connectivity index (χ1) is 8.57. The van der Waals surface area contributed by atoms with Crippen molar-refractivity contribution in [3.8, 4) is 0 Å². The molecule has 0 amide bonds. The van der Waals surface area contributed by atoms with Crippen molar-refractivity contribution in [1.82, 2.24) is 5.32 Å². The van der Waals surface area contributed by atoms with Crippen LogP contribution in [0.2, 0.25) is 0 Å². The molecule has 110 valence electrons. The summed E-state index contributed by atoms with van der Waals surface area (Å²) in [6, 6.07) is 0. The fraction of sp³-hybridized carbons (Fsp3) is 1.00. The third-order valence-electron chi connectivity index (χ3n) is 3.83. The van der Waals surface area contributed by atoms with Crippen LogP contribution in [0.4, 0.5) is 0 Å². The van der Waals surface area contributed by atoms with Gasteiger partial charge in [-0.05, 0) is 37.3 Å². The molecule has 0 heterocycles. The molecule has 1 atom stereocenters. The van der Waals surface area contributed by atoms with Crippen LogP contribution >= 0.6 is 0 Å². The first-order valence-corrected chi connectivity index (χ1v) is 8.28. The molecule has 0 fully saturated rings. The van der Waals surface area contributed by atoms with Gasteiger partial charge in [0.15, 0.2) is 0 Å². The first kappa shape index (κ1) is 18.0. The van der Waals surface area contributed by atoms with Crippen molar-refractivity contribution in [3.63, 3.8) is 0 Å². The van der Waals surface area contributed by atoms with Crippen LogP contribution in [0.1, 0.15) is 79.6 Å². The van der Waals surface area contributed by atoms with Gasteiger partial charge in [-0.1, -0.05) is 73.1 Å². The number of hydrogen-bond donors (Lipinski definition) is 1. The Morgan fingerprint density at radius 2 is 1.39 bits per heavy atom. The summed E-state index contributed by atoms with van der Waals surface area (Å²) >= 11 is 0. The Hall–Kier alpha value is -0.0400. The van der Waals surface area contributed by atoms with Crippen molar-refractivity contribution in [2.75, 3.05) is 13.1 Å². The molecular weight excluding hydrogens is 218 g/mol. The van der Waals surface area contributed by atoms with Crippen molar-refractivity contribution < 1.29 is 0 Å². The Balaban J connectivity index is 3.57. The highest BCUT2D eigenvalue weighted by Gasteiger charge is 2.12. The third-order valence-corrected chi connectivity index (χ3v) is 3.83. The molecule has 0 aliphatic carbocycles. The van der Waals surface area contributed by atoms with Crippen LogP contribution in [0.15, 0.2) is 0 Å². The lowest BCUT2D eigenvalue weighted by Gasteiger charge is -2.22. The summed E-state index contributed by atoms with van der Waals surface area (Å²) in [6.45, 7) is 14.0. The summed E-state index contributed by atoms with van der Waals surface area (Å²) in [6.07, 6.45) is 9.93. The maximum Gasteiger partial charge on any atom is -0.00180 e. The fourth-order valence-corrected chi connectivity index (χ4v) is 2.42. The van der Waals surface area contributed by atoms with E-state index in [1.54, 1.807) is 0 Å². The zero-order valence-corrected chi connectivity index (χ0v) is 13.6. The number of unbranched alkanes of at least 4 members (excludes halogenated alkanes) is 5. The summed E-state index contributed by atoms with van der Waals surface area (Å²) in [5.74, 6) is 2.46. The number of nitrogens with one attached hydrogen (secondary N) is 1. The van der Waals surface area contributed by atoms with Gasteiger partial charge in [0.2, 0.25) is 0 Å². The molecule has 1 N–H and O–H groups in total. The molecule has 0 aliphatic heterocycles. The Labute approximate surface area is 116 Å². The third kappa shape index (κ3) is 11.1. The molecule has 0 saturated heterocycles. The SMILES string of the molecule is CCCCCCCCC(CNCC(C)C)C(C)C. The minimum Gasteiger partial charge on any atom is -0.316 e. The average Bonchev–Trinajstić information content (AvgIpc) is 2.30. The van der Waals surface area contributed by atoms with Gasteiger partial charge in [-0.2, -0.15) is 0 Å². The van der Waals surface area contributed by atoms with Crippen molar-refractivity contribution in [1.29, 1.82) is 0 Å². The zero-order valence-electron chi connectivity index (χ0n) is 13.6. The van der Waals surface area contributed by atoms with Crippen LogP contribution in [0, 0.1) is 17.8 Å². The molecule has 0 radical (unpaired) electrons. The average molecular weight is 255 g/mol. The van der Waals surface area contributed by atoms with Gasteiger partial charge in [0.05, 0.1) is 0 Å². The van der Waals surface area contributed by atoms with Gasteiger partial charge in [0.25, 0.3) is 0 Å². The molecule has 0 rings (SSSR count). The Bertz CT molecular complexity index is 163. The summed E-state index contributed by atoms with van der Waals surface area (Å²) in [5.41, 5.74) is 0. The molecule has 0 aromatic carbocycles.